The van der Waals surface area contributed by atoms with Crippen molar-refractivity contribution < 1.29 is 4.79 Å². The van der Waals surface area contributed by atoms with Crippen LogP contribution in [0.15, 0.2) is 12.2 Å². The number of allylic oxidation sites excluding steroid dienone is 2. The molecule has 0 heterocycles. The minimum absolute atomic E-state index is 0.0864. The van der Waals surface area contributed by atoms with Gasteiger partial charge in [-0.05, 0) is 12.5 Å². The van der Waals surface area contributed by atoms with E-state index in [0.29, 0.717) is 6.42 Å². The van der Waals surface area contributed by atoms with Gasteiger partial charge < -0.3 is 0 Å². The summed E-state index contributed by atoms with van der Waals surface area (Å²) in [4.78, 5) is 10.9. The van der Waals surface area contributed by atoms with Crippen LogP contribution in [0.2, 0.25) is 0 Å². The zero-order valence-corrected chi connectivity index (χ0v) is 6.69. The summed E-state index contributed by atoms with van der Waals surface area (Å²) in [5, 5.41) is 0. The van der Waals surface area contributed by atoms with Crippen LogP contribution < -0.4 is 0 Å². The van der Waals surface area contributed by atoms with Crippen LogP contribution in [0.4, 0.5) is 0 Å². The van der Waals surface area contributed by atoms with Crippen LogP contribution in [0.5, 0.6) is 0 Å². The monoisotopic (exact) mass is 176 g/mol. The predicted octanol–water partition coefficient (Wildman–Crippen LogP) is 1.94. The minimum Gasteiger partial charge on any atom is -0.295 e. The van der Waals surface area contributed by atoms with Gasteiger partial charge in [0.2, 0.25) is 0 Å². The van der Waals surface area contributed by atoms with Crippen molar-refractivity contribution in [1.82, 2.24) is 0 Å². The van der Waals surface area contributed by atoms with Crippen molar-refractivity contribution in [2.75, 3.05) is 0 Å². The summed E-state index contributed by atoms with van der Waals surface area (Å²) in [6, 6.07) is 0. The van der Waals surface area contributed by atoms with Crippen molar-refractivity contribution in [2.45, 2.75) is 10.8 Å². The number of ketones is 1. The van der Waals surface area contributed by atoms with E-state index >= 15 is 0 Å². The summed E-state index contributed by atoms with van der Waals surface area (Å²) in [6.07, 6.45) is 4.02. The maximum Gasteiger partial charge on any atom is 0.159 e. The maximum atomic E-state index is 10.9. The number of carbonyl (C=O) groups excluding carboxylic acids is 1. The fourth-order valence-corrected chi connectivity index (χ4v) is 2.35. The van der Waals surface area contributed by atoms with Crippen molar-refractivity contribution in [3.8, 4) is 0 Å². The van der Waals surface area contributed by atoms with E-state index in [1.54, 1.807) is 6.08 Å². The molecular formula is C7H6Cl2O. The zero-order valence-electron chi connectivity index (χ0n) is 5.18. The number of halogens is 2. The van der Waals surface area contributed by atoms with Gasteiger partial charge in [0.25, 0.3) is 0 Å². The molecule has 0 aliphatic heterocycles. The first-order valence-corrected chi connectivity index (χ1v) is 3.97. The highest BCUT2D eigenvalue weighted by Crippen LogP contribution is 2.55. The summed E-state index contributed by atoms with van der Waals surface area (Å²) < 4.78 is -0.659. The molecule has 0 saturated heterocycles. The molecule has 2 aliphatic carbocycles. The van der Waals surface area contributed by atoms with Crippen molar-refractivity contribution in [2.24, 2.45) is 11.8 Å². The maximum absolute atomic E-state index is 10.9. The number of hydrogen-bond donors (Lipinski definition) is 0. The molecule has 0 amide bonds. The van der Waals surface area contributed by atoms with E-state index in [1.807, 2.05) is 6.08 Å². The second-order valence-corrected chi connectivity index (χ2v) is 4.40. The quantitative estimate of drug-likeness (QED) is 0.516. The molecule has 0 aromatic rings. The molecule has 1 saturated carbocycles. The number of fused-ring (bicyclic) bond motifs is 1. The Kier molecular flexibility index (Phi) is 1.19. The van der Waals surface area contributed by atoms with Crippen molar-refractivity contribution in [3.63, 3.8) is 0 Å². The molecule has 10 heavy (non-hydrogen) atoms. The van der Waals surface area contributed by atoms with Gasteiger partial charge in [0.1, 0.15) is 4.33 Å². The molecule has 2 atom stereocenters. The number of hydrogen-bond acceptors (Lipinski definition) is 1. The Morgan fingerprint density at radius 3 is 2.70 bits per heavy atom. The van der Waals surface area contributed by atoms with Crippen molar-refractivity contribution in [1.29, 1.82) is 0 Å². The van der Waals surface area contributed by atoms with Crippen LogP contribution in [0.25, 0.3) is 0 Å². The van der Waals surface area contributed by atoms with Gasteiger partial charge in [0, 0.05) is 11.8 Å². The summed E-state index contributed by atoms with van der Waals surface area (Å²) >= 11 is 11.7. The zero-order chi connectivity index (χ0) is 7.35. The van der Waals surface area contributed by atoms with Gasteiger partial charge >= 0.3 is 0 Å². The van der Waals surface area contributed by atoms with E-state index in [-0.39, 0.29) is 17.6 Å². The Balaban J connectivity index is 2.23. The third-order valence-corrected chi connectivity index (χ3v) is 3.06. The molecule has 0 aromatic carbocycles. The normalized spacial score (nSPS) is 41.2. The van der Waals surface area contributed by atoms with Crippen LogP contribution >= 0.6 is 23.2 Å². The molecule has 1 fully saturated rings. The number of carbonyl (C=O) groups is 1. The Morgan fingerprint density at radius 1 is 1.60 bits per heavy atom. The smallest absolute Gasteiger partial charge is 0.159 e. The molecule has 0 bridgehead atoms. The van der Waals surface area contributed by atoms with E-state index in [9.17, 15) is 4.79 Å². The van der Waals surface area contributed by atoms with E-state index in [0.717, 1.165) is 0 Å². The standard InChI is InChI=1S/C7H6Cl2O/c8-7(9)3-4-5(7)1-2-6(4)10/h1-2,4-5H,3H2. The highest BCUT2D eigenvalue weighted by Gasteiger charge is 2.55. The van der Waals surface area contributed by atoms with Crippen LogP contribution in [-0.4, -0.2) is 10.1 Å². The topological polar surface area (TPSA) is 17.1 Å². The molecule has 0 aromatic heterocycles. The molecule has 3 heteroatoms. The second kappa shape index (κ2) is 1.77. The minimum atomic E-state index is -0.659. The van der Waals surface area contributed by atoms with Gasteiger partial charge in [-0.15, -0.1) is 23.2 Å². The molecule has 0 spiro atoms. The Bertz CT molecular complexity index is 220. The third-order valence-electron chi connectivity index (χ3n) is 2.25. The van der Waals surface area contributed by atoms with Gasteiger partial charge in [-0.2, -0.15) is 0 Å². The summed E-state index contributed by atoms with van der Waals surface area (Å²) in [5.41, 5.74) is 0. The van der Waals surface area contributed by atoms with Crippen LogP contribution in [-0.2, 0) is 4.79 Å². The molecule has 1 nitrogen and oxygen atoms in total. The van der Waals surface area contributed by atoms with Crippen LogP contribution in [0, 0.1) is 11.8 Å². The molecule has 2 unspecified atom stereocenters. The first-order valence-electron chi connectivity index (χ1n) is 3.21. The molecule has 54 valence electrons. The average Bonchev–Trinajstić information content (AvgIpc) is 2.09. The SMILES string of the molecule is O=C1C=CC2C1CC2(Cl)Cl. The highest BCUT2D eigenvalue weighted by atomic mass is 35.5. The van der Waals surface area contributed by atoms with Crippen LogP contribution in [0.1, 0.15) is 6.42 Å². The van der Waals surface area contributed by atoms with Gasteiger partial charge in [0.05, 0.1) is 0 Å². The second-order valence-electron chi connectivity index (χ2n) is 2.86. The van der Waals surface area contributed by atoms with Crippen LogP contribution in [0.3, 0.4) is 0 Å². The predicted molar refractivity (Wildman–Crippen MR) is 40.2 cm³/mol. The molecule has 0 N–H and O–H groups in total. The Hall–Kier alpha value is -0.0100. The molecule has 2 aliphatic rings. The fraction of sp³-hybridized carbons (Fsp3) is 0.571. The van der Waals surface area contributed by atoms with Crippen molar-refractivity contribution >= 4 is 29.0 Å². The van der Waals surface area contributed by atoms with E-state index < -0.39 is 4.33 Å². The summed E-state index contributed by atoms with van der Waals surface area (Å²) in [7, 11) is 0. The average molecular weight is 177 g/mol. The first kappa shape index (κ1) is 6.68. The summed E-state index contributed by atoms with van der Waals surface area (Å²) in [6.45, 7) is 0. The lowest BCUT2D eigenvalue weighted by Gasteiger charge is -2.41. The molecular weight excluding hydrogens is 171 g/mol. The fourth-order valence-electron chi connectivity index (χ4n) is 1.56. The van der Waals surface area contributed by atoms with E-state index in [1.165, 1.54) is 0 Å². The van der Waals surface area contributed by atoms with Gasteiger partial charge in [-0.25, -0.2) is 0 Å². The lowest BCUT2D eigenvalue weighted by Crippen LogP contribution is -2.45. The Labute approximate surface area is 69.0 Å². The third kappa shape index (κ3) is 0.678. The number of rotatable bonds is 0. The number of alkyl halides is 2. The van der Waals surface area contributed by atoms with Gasteiger partial charge in [-0.3, -0.25) is 4.79 Å². The summed E-state index contributed by atoms with van der Waals surface area (Å²) in [5.74, 6) is 0.361. The molecule has 0 radical (unpaired) electrons. The Morgan fingerprint density at radius 2 is 2.30 bits per heavy atom. The molecule has 2 rings (SSSR count). The lowest BCUT2D eigenvalue weighted by atomic mass is 9.74. The van der Waals surface area contributed by atoms with E-state index in [2.05, 4.69) is 0 Å². The largest absolute Gasteiger partial charge is 0.295 e. The van der Waals surface area contributed by atoms with Gasteiger partial charge in [-0.1, -0.05) is 6.08 Å². The van der Waals surface area contributed by atoms with Crippen molar-refractivity contribution in [3.05, 3.63) is 12.2 Å². The van der Waals surface area contributed by atoms with Gasteiger partial charge in [0.15, 0.2) is 5.78 Å². The lowest BCUT2D eigenvalue weighted by molar-refractivity contribution is -0.120. The highest BCUT2D eigenvalue weighted by molar-refractivity contribution is 6.50. The van der Waals surface area contributed by atoms with E-state index in [4.69, 9.17) is 23.2 Å². The first-order chi connectivity index (χ1) is 4.61.